The number of halogens is 2. The second-order valence-corrected chi connectivity index (χ2v) is 12.4. The molecule has 3 heterocycles. The summed E-state index contributed by atoms with van der Waals surface area (Å²) in [5, 5.41) is 0.508. The Morgan fingerprint density at radius 1 is 0.875 bits per heavy atom. The highest BCUT2D eigenvalue weighted by Gasteiger charge is 2.46. The number of rotatable bonds is 11. The Morgan fingerprint density at radius 2 is 1.60 bits per heavy atom. The number of aromatic nitrogens is 1. The lowest BCUT2D eigenvalue weighted by molar-refractivity contribution is -0.143. The Labute approximate surface area is 290 Å². The second-order valence-electron chi connectivity index (χ2n) is 11.6. The van der Waals surface area contributed by atoms with Crippen LogP contribution in [-0.4, -0.2) is 85.8 Å². The SMILES string of the molecule is COC(=O)C1=C(CC(=O)N2CCN(Cc3cccnc3)CC2)N=C(CCc2ccccc2OC)C(C(=O)OC)C1c1c(Cl)cccc1Cl. The lowest BCUT2D eigenvalue weighted by atomic mass is 9.73. The van der Waals surface area contributed by atoms with Crippen LogP contribution in [0.2, 0.25) is 10.0 Å². The molecule has 2 unspecified atom stereocenters. The van der Waals surface area contributed by atoms with Crippen LogP contribution in [0.5, 0.6) is 5.75 Å². The normalized spacial score (nSPS) is 18.3. The third-order valence-corrected chi connectivity index (χ3v) is 9.44. The lowest BCUT2D eigenvalue weighted by Gasteiger charge is -2.36. The van der Waals surface area contributed by atoms with Crippen molar-refractivity contribution in [2.24, 2.45) is 10.9 Å². The quantitative estimate of drug-likeness (QED) is 0.242. The zero-order chi connectivity index (χ0) is 34.2. The van der Waals surface area contributed by atoms with Crippen LogP contribution < -0.4 is 4.74 Å². The van der Waals surface area contributed by atoms with Crippen molar-refractivity contribution in [3.63, 3.8) is 0 Å². The van der Waals surface area contributed by atoms with Crippen molar-refractivity contribution in [3.8, 4) is 5.75 Å². The van der Waals surface area contributed by atoms with Gasteiger partial charge in [-0.15, -0.1) is 0 Å². The molecule has 1 aromatic heterocycles. The molecular formula is C36H38Cl2N4O6. The van der Waals surface area contributed by atoms with E-state index >= 15 is 0 Å². The smallest absolute Gasteiger partial charge is 0.336 e. The maximum Gasteiger partial charge on any atom is 0.336 e. The van der Waals surface area contributed by atoms with Crippen molar-refractivity contribution in [2.75, 3.05) is 47.5 Å². The molecule has 2 aliphatic heterocycles. The maximum absolute atomic E-state index is 13.9. The zero-order valence-corrected chi connectivity index (χ0v) is 28.7. The average molecular weight is 694 g/mol. The van der Waals surface area contributed by atoms with Crippen LogP contribution >= 0.6 is 23.2 Å². The van der Waals surface area contributed by atoms with Crippen LogP contribution in [0, 0.1) is 5.92 Å². The summed E-state index contributed by atoms with van der Waals surface area (Å²) < 4.78 is 16.1. The molecule has 5 rings (SSSR count). The van der Waals surface area contributed by atoms with Gasteiger partial charge < -0.3 is 19.1 Å². The molecular weight excluding hydrogens is 655 g/mol. The second kappa shape index (κ2) is 16.2. The van der Waals surface area contributed by atoms with E-state index in [0.29, 0.717) is 56.0 Å². The van der Waals surface area contributed by atoms with Crippen molar-refractivity contribution >= 4 is 46.8 Å². The van der Waals surface area contributed by atoms with Gasteiger partial charge in [0.25, 0.3) is 0 Å². The van der Waals surface area contributed by atoms with Crippen molar-refractivity contribution < 1.29 is 28.6 Å². The fraction of sp³-hybridized carbons (Fsp3) is 0.361. The molecule has 0 bridgehead atoms. The molecule has 48 heavy (non-hydrogen) atoms. The number of carbonyl (C=O) groups excluding carboxylic acids is 3. The van der Waals surface area contributed by atoms with E-state index in [-0.39, 0.29) is 33.6 Å². The van der Waals surface area contributed by atoms with Crippen LogP contribution in [-0.2, 0) is 36.8 Å². The first kappa shape index (κ1) is 35.1. The highest BCUT2D eigenvalue weighted by molar-refractivity contribution is 6.36. The third kappa shape index (κ3) is 7.89. The number of amides is 1. The molecule has 12 heteroatoms. The maximum atomic E-state index is 13.9. The predicted octanol–water partition coefficient (Wildman–Crippen LogP) is 5.52. The average Bonchev–Trinajstić information content (AvgIpc) is 3.10. The zero-order valence-electron chi connectivity index (χ0n) is 27.2. The van der Waals surface area contributed by atoms with Gasteiger partial charge in [0.1, 0.15) is 11.7 Å². The molecule has 1 fully saturated rings. The van der Waals surface area contributed by atoms with Crippen LogP contribution in [0.3, 0.4) is 0 Å². The number of carbonyl (C=O) groups is 3. The van der Waals surface area contributed by atoms with Gasteiger partial charge in [-0.1, -0.05) is 53.5 Å². The summed E-state index contributed by atoms with van der Waals surface area (Å²) in [5.41, 5.74) is 3.06. The van der Waals surface area contributed by atoms with Gasteiger partial charge in [0, 0.05) is 66.8 Å². The van der Waals surface area contributed by atoms with Crippen molar-refractivity contribution in [1.82, 2.24) is 14.8 Å². The van der Waals surface area contributed by atoms with Crippen molar-refractivity contribution in [2.45, 2.75) is 31.7 Å². The van der Waals surface area contributed by atoms with Gasteiger partial charge in [-0.2, -0.15) is 0 Å². The third-order valence-electron chi connectivity index (χ3n) is 8.78. The topological polar surface area (TPSA) is 111 Å². The predicted molar refractivity (Wildman–Crippen MR) is 183 cm³/mol. The number of methoxy groups -OCH3 is 3. The van der Waals surface area contributed by atoms with E-state index in [9.17, 15) is 14.4 Å². The Bertz CT molecular complexity index is 1690. The first-order valence-electron chi connectivity index (χ1n) is 15.7. The minimum absolute atomic E-state index is 0.0486. The van der Waals surface area contributed by atoms with E-state index in [2.05, 4.69) is 9.88 Å². The first-order valence-corrected chi connectivity index (χ1v) is 16.4. The van der Waals surface area contributed by atoms with Crippen LogP contribution in [0.25, 0.3) is 0 Å². The number of hydrogen-bond acceptors (Lipinski definition) is 9. The van der Waals surface area contributed by atoms with Gasteiger partial charge in [-0.25, -0.2) is 4.79 Å². The molecule has 2 atom stereocenters. The lowest BCUT2D eigenvalue weighted by Crippen LogP contribution is -2.48. The molecule has 0 N–H and O–H groups in total. The Morgan fingerprint density at radius 3 is 2.25 bits per heavy atom. The number of aryl methyl sites for hydroxylation is 1. The number of benzene rings is 2. The molecule has 1 saturated heterocycles. The van der Waals surface area contributed by atoms with Gasteiger partial charge in [-0.05, 0) is 53.8 Å². The molecule has 0 radical (unpaired) electrons. The van der Waals surface area contributed by atoms with E-state index in [0.717, 1.165) is 17.7 Å². The Hall–Kier alpha value is -4.25. The number of pyridine rings is 1. The fourth-order valence-electron chi connectivity index (χ4n) is 6.39. The first-order chi connectivity index (χ1) is 23.2. The minimum atomic E-state index is -1.06. The highest BCUT2D eigenvalue weighted by Crippen LogP contribution is 2.46. The standard InChI is InChI=1S/C36H38Cl2N4O6/c1-46-29-12-5-4-9-24(29)13-14-27-32(35(44)47-2)34(31-25(37)10-6-11-26(31)38)33(36(45)48-3)28(40-27)20-30(43)42-18-16-41(17-19-42)22-23-8-7-15-39-21-23/h4-12,15,21,32,34H,13-14,16-20,22H2,1-3H3. The van der Waals surface area contributed by atoms with Gasteiger partial charge in [0.2, 0.25) is 5.91 Å². The summed E-state index contributed by atoms with van der Waals surface area (Å²) in [6, 6.07) is 16.5. The van der Waals surface area contributed by atoms with Gasteiger partial charge in [-0.3, -0.25) is 24.5 Å². The van der Waals surface area contributed by atoms with Gasteiger partial charge >= 0.3 is 11.9 Å². The van der Waals surface area contributed by atoms with Crippen LogP contribution in [0.1, 0.15) is 35.4 Å². The number of nitrogens with zero attached hydrogens (tertiary/aromatic N) is 4. The van der Waals surface area contributed by atoms with E-state index in [1.54, 1.807) is 36.4 Å². The number of ether oxygens (including phenoxy) is 3. The van der Waals surface area contributed by atoms with Crippen LogP contribution in [0.4, 0.5) is 0 Å². The van der Waals surface area contributed by atoms with Crippen molar-refractivity contribution in [3.05, 3.63) is 105 Å². The summed E-state index contributed by atoms with van der Waals surface area (Å²) in [5.74, 6) is -2.94. The summed E-state index contributed by atoms with van der Waals surface area (Å²) >= 11 is 13.5. The molecule has 1 amide bonds. The van der Waals surface area contributed by atoms with E-state index in [4.69, 9.17) is 42.4 Å². The highest BCUT2D eigenvalue weighted by atomic mass is 35.5. The fourth-order valence-corrected chi connectivity index (χ4v) is 7.03. The van der Waals surface area contributed by atoms with Gasteiger partial charge in [0.05, 0.1) is 39.0 Å². The van der Waals surface area contributed by atoms with Crippen molar-refractivity contribution in [1.29, 1.82) is 0 Å². The Kier molecular flexibility index (Phi) is 11.9. The number of piperazine rings is 1. The number of aliphatic imine (C=N–C) groups is 1. The molecule has 0 spiro atoms. The number of para-hydroxylation sites is 1. The summed E-state index contributed by atoms with van der Waals surface area (Å²) in [6.45, 7) is 3.12. The van der Waals surface area contributed by atoms with Crippen LogP contribution in [0.15, 0.2) is 83.3 Å². The molecule has 2 aromatic carbocycles. The largest absolute Gasteiger partial charge is 0.496 e. The number of esters is 2. The molecule has 0 aliphatic carbocycles. The number of hydrogen-bond donors (Lipinski definition) is 0. The Balaban J connectivity index is 1.52. The molecule has 0 saturated carbocycles. The molecule has 2 aliphatic rings. The summed E-state index contributed by atoms with van der Waals surface area (Å²) in [7, 11) is 4.12. The van der Waals surface area contributed by atoms with Gasteiger partial charge in [0.15, 0.2) is 0 Å². The minimum Gasteiger partial charge on any atom is -0.496 e. The monoisotopic (exact) mass is 692 g/mol. The molecule has 252 valence electrons. The molecule has 10 nitrogen and oxygen atoms in total. The summed E-state index contributed by atoms with van der Waals surface area (Å²) in [6.07, 6.45) is 4.17. The molecule has 3 aromatic rings. The summed E-state index contributed by atoms with van der Waals surface area (Å²) in [4.78, 5) is 54.3. The van der Waals surface area contributed by atoms with E-state index in [1.165, 1.54) is 14.2 Å². The van der Waals surface area contributed by atoms with E-state index in [1.807, 2.05) is 42.6 Å². The van der Waals surface area contributed by atoms with E-state index < -0.39 is 23.8 Å².